The highest BCUT2D eigenvalue weighted by molar-refractivity contribution is 5.83. The second-order valence-electron chi connectivity index (χ2n) is 8.22. The average Bonchev–Trinajstić information content (AvgIpc) is 3.36. The van der Waals surface area contributed by atoms with Crippen molar-refractivity contribution in [2.24, 2.45) is 0 Å². The molecule has 0 radical (unpaired) electrons. The van der Waals surface area contributed by atoms with E-state index < -0.39 is 29.5 Å². The van der Waals surface area contributed by atoms with E-state index in [0.717, 1.165) is 16.5 Å². The third kappa shape index (κ3) is 4.01. The number of nitriles is 1. The van der Waals surface area contributed by atoms with Gasteiger partial charge in [0, 0.05) is 12.3 Å². The molecule has 0 aliphatic heterocycles. The number of alkyl halides is 2. The number of hydrogen-bond acceptors (Lipinski definition) is 4. The number of carbonyl (C=O) groups excluding carboxylic acids is 1. The Morgan fingerprint density at radius 1 is 1.29 bits per heavy atom. The zero-order valence-corrected chi connectivity index (χ0v) is 17.1. The van der Waals surface area contributed by atoms with Gasteiger partial charge in [0.1, 0.15) is 0 Å². The van der Waals surface area contributed by atoms with Crippen LogP contribution in [0.1, 0.15) is 49.4 Å². The van der Waals surface area contributed by atoms with Crippen LogP contribution in [0, 0.1) is 11.3 Å². The Morgan fingerprint density at radius 2 is 1.97 bits per heavy atom. The van der Waals surface area contributed by atoms with Gasteiger partial charge in [-0.25, -0.2) is 0 Å². The van der Waals surface area contributed by atoms with Crippen LogP contribution in [-0.2, 0) is 10.4 Å². The first-order chi connectivity index (χ1) is 14.6. The lowest BCUT2D eigenvalue weighted by Gasteiger charge is -2.28. The van der Waals surface area contributed by atoms with Crippen molar-refractivity contribution >= 4 is 16.8 Å². The van der Waals surface area contributed by atoms with Gasteiger partial charge in [0.25, 0.3) is 5.91 Å². The number of nitrogens with one attached hydrogen (secondary N) is 1. The van der Waals surface area contributed by atoms with Gasteiger partial charge in [-0.1, -0.05) is 24.3 Å². The number of hydrogen-bond donors (Lipinski definition) is 2. The molecule has 1 heterocycles. The SMILES string of the molecule is CC(NC(=O)C(C)(F)F)C(c1ccc(C2(O)CC2)cc1)n1ncc2cc(C#N)ccc21. The molecule has 1 saturated carbocycles. The van der Waals surface area contributed by atoms with Crippen molar-refractivity contribution < 1.29 is 18.7 Å². The predicted octanol–water partition coefficient (Wildman–Crippen LogP) is 3.64. The van der Waals surface area contributed by atoms with E-state index >= 15 is 0 Å². The molecule has 6 nitrogen and oxygen atoms in total. The maximum atomic E-state index is 13.5. The van der Waals surface area contributed by atoms with E-state index in [1.165, 1.54) is 0 Å². The summed E-state index contributed by atoms with van der Waals surface area (Å²) in [4.78, 5) is 12.0. The van der Waals surface area contributed by atoms with Crippen molar-refractivity contribution in [3.05, 3.63) is 65.4 Å². The standard InChI is InChI=1S/C23H22F2N4O2/c1-14(28-21(30)22(2,24)25)20(16-4-6-18(7-5-16)23(31)9-10-23)29-19-8-3-15(12-26)11-17(19)13-27-29/h3-8,11,13-14,20,31H,9-10H2,1-2H3,(H,28,30). The Labute approximate surface area is 178 Å². The van der Waals surface area contributed by atoms with E-state index in [2.05, 4.69) is 16.5 Å². The number of amides is 1. The first kappa shape index (κ1) is 20.9. The van der Waals surface area contributed by atoms with Crippen molar-refractivity contribution in [3.63, 3.8) is 0 Å². The minimum Gasteiger partial charge on any atom is -0.385 e. The van der Waals surface area contributed by atoms with Gasteiger partial charge in [0.2, 0.25) is 0 Å². The van der Waals surface area contributed by atoms with Gasteiger partial charge in [-0.2, -0.15) is 19.1 Å². The van der Waals surface area contributed by atoms with Crippen LogP contribution in [0.15, 0.2) is 48.7 Å². The number of rotatable bonds is 6. The van der Waals surface area contributed by atoms with E-state index in [1.807, 2.05) is 24.3 Å². The summed E-state index contributed by atoms with van der Waals surface area (Å²) in [5.41, 5.74) is 1.95. The Balaban J connectivity index is 1.76. The highest BCUT2D eigenvalue weighted by Crippen LogP contribution is 2.45. The van der Waals surface area contributed by atoms with Crippen LogP contribution < -0.4 is 5.32 Å². The Kier molecular flexibility index (Phi) is 5.02. The summed E-state index contributed by atoms with van der Waals surface area (Å²) in [6.07, 6.45) is 3.02. The summed E-state index contributed by atoms with van der Waals surface area (Å²) >= 11 is 0. The van der Waals surface area contributed by atoms with Crippen LogP contribution in [-0.4, -0.2) is 32.8 Å². The number of halogens is 2. The minimum absolute atomic E-state index is 0.484. The summed E-state index contributed by atoms with van der Waals surface area (Å²) in [6, 6.07) is 13.2. The van der Waals surface area contributed by atoms with Crippen molar-refractivity contribution in [2.45, 2.75) is 50.3 Å². The fourth-order valence-electron chi connectivity index (χ4n) is 3.80. The molecule has 4 rings (SSSR count). The smallest absolute Gasteiger partial charge is 0.321 e. The van der Waals surface area contributed by atoms with Crippen LogP contribution >= 0.6 is 0 Å². The summed E-state index contributed by atoms with van der Waals surface area (Å²) in [7, 11) is 0. The van der Waals surface area contributed by atoms with E-state index in [4.69, 9.17) is 5.26 Å². The molecule has 1 aliphatic rings. The van der Waals surface area contributed by atoms with Crippen LogP contribution in [0.5, 0.6) is 0 Å². The molecule has 2 N–H and O–H groups in total. The molecule has 0 spiro atoms. The van der Waals surface area contributed by atoms with E-state index in [0.29, 0.717) is 30.8 Å². The normalized spacial score (nSPS) is 17.0. The number of aromatic nitrogens is 2. The van der Waals surface area contributed by atoms with Crippen LogP contribution in [0.4, 0.5) is 8.78 Å². The maximum absolute atomic E-state index is 13.5. The topological polar surface area (TPSA) is 90.9 Å². The first-order valence-electron chi connectivity index (χ1n) is 10.0. The summed E-state index contributed by atoms with van der Waals surface area (Å²) < 4.78 is 28.7. The molecule has 0 saturated heterocycles. The zero-order chi connectivity index (χ0) is 22.4. The number of nitrogens with zero attached hydrogens (tertiary/aromatic N) is 3. The van der Waals surface area contributed by atoms with Gasteiger partial charge >= 0.3 is 5.92 Å². The first-order valence-corrected chi connectivity index (χ1v) is 10.0. The second kappa shape index (κ2) is 7.43. The van der Waals surface area contributed by atoms with Gasteiger partial charge < -0.3 is 10.4 Å². The predicted molar refractivity (Wildman–Crippen MR) is 110 cm³/mol. The maximum Gasteiger partial charge on any atom is 0.321 e. The zero-order valence-electron chi connectivity index (χ0n) is 17.1. The summed E-state index contributed by atoms with van der Waals surface area (Å²) in [5, 5.41) is 27.0. The molecular formula is C23H22F2N4O2. The molecule has 160 valence electrons. The third-order valence-corrected chi connectivity index (χ3v) is 5.73. The average molecular weight is 424 g/mol. The Bertz CT molecular complexity index is 1170. The number of carbonyl (C=O) groups is 1. The number of fused-ring (bicyclic) bond motifs is 1. The lowest BCUT2D eigenvalue weighted by molar-refractivity contribution is -0.143. The van der Waals surface area contributed by atoms with Gasteiger partial charge in [-0.3, -0.25) is 9.48 Å². The molecule has 1 amide bonds. The molecular weight excluding hydrogens is 402 g/mol. The second-order valence-corrected chi connectivity index (χ2v) is 8.22. The van der Waals surface area contributed by atoms with Crippen LogP contribution in [0.25, 0.3) is 10.9 Å². The van der Waals surface area contributed by atoms with Crippen LogP contribution in [0.2, 0.25) is 0 Å². The Morgan fingerprint density at radius 3 is 2.55 bits per heavy atom. The monoisotopic (exact) mass is 424 g/mol. The van der Waals surface area contributed by atoms with Crippen molar-refractivity contribution in [2.75, 3.05) is 0 Å². The van der Waals surface area contributed by atoms with Gasteiger partial charge in [-0.15, -0.1) is 0 Å². The molecule has 2 unspecified atom stereocenters. The lowest BCUT2D eigenvalue weighted by atomic mass is 9.97. The molecule has 1 aromatic heterocycles. The lowest BCUT2D eigenvalue weighted by Crippen LogP contribution is -2.46. The Hall–Kier alpha value is -3.31. The fraction of sp³-hybridized carbons (Fsp3) is 0.348. The highest BCUT2D eigenvalue weighted by Gasteiger charge is 2.42. The quantitative estimate of drug-likeness (QED) is 0.632. The van der Waals surface area contributed by atoms with Gasteiger partial charge in [0.15, 0.2) is 0 Å². The molecule has 8 heteroatoms. The van der Waals surface area contributed by atoms with E-state index in [9.17, 15) is 18.7 Å². The number of benzene rings is 2. The highest BCUT2D eigenvalue weighted by atomic mass is 19.3. The molecule has 31 heavy (non-hydrogen) atoms. The molecule has 1 aliphatic carbocycles. The van der Waals surface area contributed by atoms with Crippen molar-refractivity contribution in [1.29, 1.82) is 5.26 Å². The minimum atomic E-state index is -3.51. The summed E-state index contributed by atoms with van der Waals surface area (Å²) in [6.45, 7) is 2.20. The molecule has 0 bridgehead atoms. The van der Waals surface area contributed by atoms with Crippen LogP contribution in [0.3, 0.4) is 0 Å². The van der Waals surface area contributed by atoms with Crippen molar-refractivity contribution in [3.8, 4) is 6.07 Å². The van der Waals surface area contributed by atoms with E-state index in [1.54, 1.807) is 36.0 Å². The van der Waals surface area contributed by atoms with E-state index in [-0.39, 0.29) is 0 Å². The number of aliphatic hydroxyl groups is 1. The third-order valence-electron chi connectivity index (χ3n) is 5.73. The molecule has 2 aromatic carbocycles. The molecule has 3 aromatic rings. The van der Waals surface area contributed by atoms with Crippen molar-refractivity contribution in [1.82, 2.24) is 15.1 Å². The molecule has 2 atom stereocenters. The molecule has 1 fully saturated rings. The fourth-order valence-corrected chi connectivity index (χ4v) is 3.80. The summed E-state index contributed by atoms with van der Waals surface area (Å²) in [5.74, 6) is -4.87. The largest absolute Gasteiger partial charge is 0.385 e. The van der Waals surface area contributed by atoms with Gasteiger partial charge in [-0.05, 0) is 49.1 Å². The van der Waals surface area contributed by atoms with Gasteiger partial charge in [0.05, 0.1) is 41.0 Å².